The highest BCUT2D eigenvalue weighted by Gasteiger charge is 2.30. The average molecular weight is 192 g/mol. The van der Waals surface area contributed by atoms with E-state index in [1.807, 2.05) is 0 Å². The Bertz CT molecular complexity index is 190. The molecule has 0 aromatic rings. The molecule has 0 saturated heterocycles. The molecule has 0 aliphatic heterocycles. The highest BCUT2D eigenvalue weighted by atomic mass is 31.3. The third-order valence-electron chi connectivity index (χ3n) is 0.440. The van der Waals surface area contributed by atoms with E-state index in [0.29, 0.717) is 0 Å². The van der Waals surface area contributed by atoms with Crippen LogP contribution in [-0.2, 0) is 18.0 Å². The summed E-state index contributed by atoms with van der Waals surface area (Å²) < 4.78 is 27.1. The van der Waals surface area contributed by atoms with Crippen LogP contribution in [0.2, 0.25) is 0 Å². The smallest absolute Gasteiger partial charge is 0.302 e. The minimum atomic E-state index is -4.94. The van der Waals surface area contributed by atoms with Crippen LogP contribution in [-0.4, -0.2) is 21.8 Å². The SMILES string of the molecule is COP(=O)(O)OP(=O)(O)O. The number of hydrogen-bond acceptors (Lipinski definition) is 4. The molecular weight excluding hydrogens is 186 g/mol. The zero-order valence-corrected chi connectivity index (χ0v) is 6.66. The van der Waals surface area contributed by atoms with Crippen LogP contribution < -0.4 is 0 Å². The van der Waals surface area contributed by atoms with E-state index in [-0.39, 0.29) is 0 Å². The van der Waals surface area contributed by atoms with E-state index in [1.165, 1.54) is 0 Å². The van der Waals surface area contributed by atoms with Crippen LogP contribution in [0.1, 0.15) is 0 Å². The topological polar surface area (TPSA) is 113 Å². The summed E-state index contributed by atoms with van der Waals surface area (Å²) in [6.45, 7) is 0. The molecule has 0 saturated carbocycles. The molecule has 3 N–H and O–H groups in total. The van der Waals surface area contributed by atoms with E-state index >= 15 is 0 Å². The van der Waals surface area contributed by atoms with E-state index < -0.39 is 15.6 Å². The van der Waals surface area contributed by atoms with E-state index in [0.717, 1.165) is 7.11 Å². The van der Waals surface area contributed by atoms with Gasteiger partial charge >= 0.3 is 15.6 Å². The number of phosphoric acid groups is 2. The Morgan fingerprint density at radius 3 is 1.70 bits per heavy atom. The standard InChI is InChI=1S/CH6O7P2/c1-7-10(5,6)8-9(2,3)4/h1H3,(H,5,6)(H2,2,3,4). The second-order valence-electron chi connectivity index (χ2n) is 1.22. The summed E-state index contributed by atoms with van der Waals surface area (Å²) in [5, 5.41) is 0. The monoisotopic (exact) mass is 192 g/mol. The fourth-order valence-corrected chi connectivity index (χ4v) is 1.51. The van der Waals surface area contributed by atoms with Crippen LogP contribution in [0, 0.1) is 0 Å². The van der Waals surface area contributed by atoms with Gasteiger partial charge in [-0.25, -0.2) is 9.13 Å². The molecule has 1 unspecified atom stereocenters. The lowest BCUT2D eigenvalue weighted by molar-refractivity contribution is 0.203. The van der Waals surface area contributed by atoms with Crippen molar-refractivity contribution in [1.82, 2.24) is 0 Å². The van der Waals surface area contributed by atoms with Crippen LogP contribution >= 0.6 is 15.6 Å². The van der Waals surface area contributed by atoms with Crippen molar-refractivity contribution in [2.45, 2.75) is 0 Å². The van der Waals surface area contributed by atoms with Crippen LogP contribution in [0.25, 0.3) is 0 Å². The van der Waals surface area contributed by atoms with Crippen LogP contribution in [0.15, 0.2) is 0 Å². The molecule has 10 heavy (non-hydrogen) atoms. The fourth-order valence-electron chi connectivity index (χ4n) is 0.168. The summed E-state index contributed by atoms with van der Waals surface area (Å²) in [7, 11) is -8.71. The summed E-state index contributed by atoms with van der Waals surface area (Å²) in [5.74, 6) is 0. The first-order valence-electron chi connectivity index (χ1n) is 1.92. The minimum absolute atomic E-state index is 0.788. The van der Waals surface area contributed by atoms with Gasteiger partial charge in [-0.15, -0.1) is 0 Å². The van der Waals surface area contributed by atoms with Crippen molar-refractivity contribution in [1.29, 1.82) is 0 Å². The van der Waals surface area contributed by atoms with Gasteiger partial charge in [-0.3, -0.25) is 4.52 Å². The molecule has 0 spiro atoms. The van der Waals surface area contributed by atoms with E-state index in [4.69, 9.17) is 14.7 Å². The molecule has 0 bridgehead atoms. The van der Waals surface area contributed by atoms with Gasteiger partial charge in [0, 0.05) is 7.11 Å². The van der Waals surface area contributed by atoms with Gasteiger partial charge in [0.25, 0.3) is 0 Å². The summed E-state index contributed by atoms with van der Waals surface area (Å²) in [4.78, 5) is 24.2. The first kappa shape index (κ1) is 10.3. The molecule has 0 fully saturated rings. The second kappa shape index (κ2) is 3.11. The molecule has 62 valence electrons. The first-order valence-corrected chi connectivity index (χ1v) is 4.95. The predicted molar refractivity (Wildman–Crippen MR) is 30.0 cm³/mol. The highest BCUT2D eigenvalue weighted by Crippen LogP contribution is 2.56. The van der Waals surface area contributed by atoms with Crippen LogP contribution in [0.3, 0.4) is 0 Å². The van der Waals surface area contributed by atoms with Crippen molar-refractivity contribution in [2.24, 2.45) is 0 Å². The van der Waals surface area contributed by atoms with E-state index in [2.05, 4.69) is 8.83 Å². The van der Waals surface area contributed by atoms with Gasteiger partial charge in [-0.2, -0.15) is 4.31 Å². The van der Waals surface area contributed by atoms with Gasteiger partial charge in [-0.1, -0.05) is 0 Å². The van der Waals surface area contributed by atoms with Crippen molar-refractivity contribution >= 4 is 15.6 Å². The molecular formula is CH6O7P2. The Labute approximate surface area is 56.4 Å². The zero-order chi connectivity index (χ0) is 8.41. The van der Waals surface area contributed by atoms with Gasteiger partial charge < -0.3 is 14.7 Å². The molecule has 0 aromatic heterocycles. The van der Waals surface area contributed by atoms with E-state index in [1.54, 1.807) is 0 Å². The molecule has 0 amide bonds. The molecule has 0 aliphatic rings. The first-order chi connectivity index (χ1) is 4.27. The van der Waals surface area contributed by atoms with Crippen LogP contribution in [0.5, 0.6) is 0 Å². The number of rotatable bonds is 3. The third kappa shape index (κ3) is 5.08. The van der Waals surface area contributed by atoms with Crippen molar-refractivity contribution in [2.75, 3.05) is 7.11 Å². The van der Waals surface area contributed by atoms with Gasteiger partial charge in [0.15, 0.2) is 0 Å². The molecule has 0 rings (SSSR count). The maximum atomic E-state index is 10.2. The molecule has 7 nitrogen and oxygen atoms in total. The van der Waals surface area contributed by atoms with Crippen molar-refractivity contribution in [3.8, 4) is 0 Å². The summed E-state index contributed by atoms with van der Waals surface area (Å²) in [6.07, 6.45) is 0. The van der Waals surface area contributed by atoms with Crippen molar-refractivity contribution < 1.29 is 32.6 Å². The van der Waals surface area contributed by atoms with Crippen molar-refractivity contribution in [3.05, 3.63) is 0 Å². The van der Waals surface area contributed by atoms with Gasteiger partial charge in [0.05, 0.1) is 0 Å². The molecule has 0 aromatic carbocycles. The van der Waals surface area contributed by atoms with Crippen molar-refractivity contribution in [3.63, 3.8) is 0 Å². The molecule has 0 radical (unpaired) electrons. The average Bonchev–Trinajstić information content (AvgIpc) is 1.60. The number of hydrogen-bond donors (Lipinski definition) is 3. The predicted octanol–water partition coefficient (Wildman–Crippen LogP) is -0.158. The van der Waals surface area contributed by atoms with Gasteiger partial charge in [0.1, 0.15) is 0 Å². The summed E-state index contributed by atoms with van der Waals surface area (Å²) in [6, 6.07) is 0. The lowest BCUT2D eigenvalue weighted by atomic mass is 11.8. The largest absolute Gasteiger partial charge is 0.480 e. The van der Waals surface area contributed by atoms with Crippen LogP contribution in [0.4, 0.5) is 0 Å². The maximum absolute atomic E-state index is 10.2. The maximum Gasteiger partial charge on any atom is 0.480 e. The Balaban J connectivity index is 4.17. The fraction of sp³-hybridized carbons (Fsp3) is 1.00. The zero-order valence-electron chi connectivity index (χ0n) is 4.87. The highest BCUT2D eigenvalue weighted by molar-refractivity contribution is 7.60. The van der Waals surface area contributed by atoms with Gasteiger partial charge in [0.2, 0.25) is 0 Å². The Kier molecular flexibility index (Phi) is 3.19. The van der Waals surface area contributed by atoms with Gasteiger partial charge in [-0.05, 0) is 0 Å². The molecule has 0 heterocycles. The quantitative estimate of drug-likeness (QED) is 0.532. The lowest BCUT2D eigenvalue weighted by Gasteiger charge is -2.08. The minimum Gasteiger partial charge on any atom is -0.302 e. The summed E-state index contributed by atoms with van der Waals surface area (Å²) in [5.41, 5.74) is 0. The number of phosphoric ester groups is 1. The lowest BCUT2D eigenvalue weighted by Crippen LogP contribution is -1.88. The summed E-state index contributed by atoms with van der Waals surface area (Å²) >= 11 is 0. The van der Waals surface area contributed by atoms with E-state index in [9.17, 15) is 9.13 Å². The second-order valence-corrected chi connectivity index (χ2v) is 4.16. The Morgan fingerprint density at radius 1 is 1.20 bits per heavy atom. The Morgan fingerprint density at radius 2 is 1.60 bits per heavy atom. The molecule has 1 atom stereocenters. The molecule has 9 heteroatoms. The third-order valence-corrected chi connectivity index (χ3v) is 2.58. The normalized spacial score (nSPS) is 18.4. The molecule has 0 aliphatic carbocycles. The Hall–Kier alpha value is 0.260.